The Labute approximate surface area is 89.3 Å². The summed E-state index contributed by atoms with van der Waals surface area (Å²) in [5, 5.41) is 1.67. The SMILES string of the molecule is NC1CCCCC1Sc1ccccn1. The number of hydrogen-bond donors (Lipinski definition) is 1. The van der Waals surface area contributed by atoms with Crippen LogP contribution < -0.4 is 5.73 Å². The molecule has 1 saturated carbocycles. The summed E-state index contributed by atoms with van der Waals surface area (Å²) < 4.78 is 0. The van der Waals surface area contributed by atoms with Gasteiger partial charge in [0, 0.05) is 17.5 Å². The Morgan fingerprint density at radius 2 is 2.14 bits per heavy atom. The van der Waals surface area contributed by atoms with Crippen LogP contribution in [0.25, 0.3) is 0 Å². The molecular formula is C11H16N2S. The molecule has 1 aliphatic carbocycles. The molecule has 1 aromatic rings. The Balaban J connectivity index is 1.96. The Morgan fingerprint density at radius 1 is 1.29 bits per heavy atom. The smallest absolute Gasteiger partial charge is 0.0963 e. The third-order valence-corrected chi connectivity index (χ3v) is 4.03. The highest BCUT2D eigenvalue weighted by molar-refractivity contribution is 7.99. The van der Waals surface area contributed by atoms with Crippen LogP contribution in [0.4, 0.5) is 0 Å². The summed E-state index contributed by atoms with van der Waals surface area (Å²) in [5.41, 5.74) is 6.08. The number of pyridine rings is 1. The molecule has 3 heteroatoms. The average Bonchev–Trinajstić information content (AvgIpc) is 2.23. The van der Waals surface area contributed by atoms with Crippen LogP contribution in [-0.2, 0) is 0 Å². The maximum atomic E-state index is 6.08. The van der Waals surface area contributed by atoms with Crippen molar-refractivity contribution in [2.75, 3.05) is 0 Å². The summed E-state index contributed by atoms with van der Waals surface area (Å²) in [4.78, 5) is 4.31. The first kappa shape index (κ1) is 9.99. The average molecular weight is 208 g/mol. The van der Waals surface area contributed by atoms with E-state index in [9.17, 15) is 0 Å². The summed E-state index contributed by atoms with van der Waals surface area (Å²) in [6.45, 7) is 0. The minimum Gasteiger partial charge on any atom is -0.327 e. The Kier molecular flexibility index (Phi) is 3.43. The number of hydrogen-bond acceptors (Lipinski definition) is 3. The summed E-state index contributed by atoms with van der Waals surface area (Å²) in [7, 11) is 0. The number of thioether (sulfide) groups is 1. The Morgan fingerprint density at radius 3 is 2.86 bits per heavy atom. The zero-order valence-electron chi connectivity index (χ0n) is 8.23. The molecule has 2 unspecified atom stereocenters. The van der Waals surface area contributed by atoms with E-state index in [1.165, 1.54) is 25.7 Å². The molecule has 0 bridgehead atoms. The van der Waals surface area contributed by atoms with Gasteiger partial charge in [0.1, 0.15) is 0 Å². The standard InChI is InChI=1S/C11H16N2S/c12-9-5-1-2-6-10(9)14-11-7-3-4-8-13-11/h3-4,7-10H,1-2,5-6,12H2. The summed E-state index contributed by atoms with van der Waals surface area (Å²) >= 11 is 1.84. The van der Waals surface area contributed by atoms with Crippen molar-refractivity contribution in [2.24, 2.45) is 5.73 Å². The molecule has 0 aromatic carbocycles. The second kappa shape index (κ2) is 4.80. The van der Waals surface area contributed by atoms with Crippen LogP contribution >= 0.6 is 11.8 Å². The molecule has 0 spiro atoms. The quantitative estimate of drug-likeness (QED) is 0.811. The van der Waals surface area contributed by atoms with E-state index in [2.05, 4.69) is 11.1 Å². The molecule has 14 heavy (non-hydrogen) atoms. The van der Waals surface area contributed by atoms with Crippen LogP contribution in [0.2, 0.25) is 0 Å². The topological polar surface area (TPSA) is 38.9 Å². The first-order valence-corrected chi connectivity index (χ1v) is 6.07. The van der Waals surface area contributed by atoms with Crippen LogP contribution in [-0.4, -0.2) is 16.3 Å². The molecule has 2 rings (SSSR count). The highest BCUT2D eigenvalue weighted by Gasteiger charge is 2.22. The molecule has 0 radical (unpaired) electrons. The summed E-state index contributed by atoms with van der Waals surface area (Å²) in [6.07, 6.45) is 6.86. The zero-order chi connectivity index (χ0) is 9.80. The van der Waals surface area contributed by atoms with E-state index in [1.54, 1.807) is 0 Å². The highest BCUT2D eigenvalue weighted by Crippen LogP contribution is 2.31. The van der Waals surface area contributed by atoms with Crippen molar-refractivity contribution >= 4 is 11.8 Å². The van der Waals surface area contributed by atoms with Gasteiger partial charge in [0.25, 0.3) is 0 Å². The minimum atomic E-state index is 0.357. The van der Waals surface area contributed by atoms with E-state index in [0.717, 1.165) is 5.03 Å². The normalized spacial score (nSPS) is 27.5. The fourth-order valence-corrected chi connectivity index (χ4v) is 3.03. The van der Waals surface area contributed by atoms with Gasteiger partial charge in [0.2, 0.25) is 0 Å². The van der Waals surface area contributed by atoms with Crippen LogP contribution in [0.15, 0.2) is 29.4 Å². The molecule has 0 amide bonds. The van der Waals surface area contributed by atoms with E-state index in [0.29, 0.717) is 11.3 Å². The summed E-state index contributed by atoms with van der Waals surface area (Å²) in [6, 6.07) is 6.40. The second-order valence-electron chi connectivity index (χ2n) is 3.77. The van der Waals surface area contributed by atoms with Crippen molar-refractivity contribution in [1.29, 1.82) is 0 Å². The predicted octanol–water partition coefficient (Wildman–Crippen LogP) is 2.44. The zero-order valence-corrected chi connectivity index (χ0v) is 9.04. The molecule has 1 aromatic heterocycles. The fourth-order valence-electron chi connectivity index (χ4n) is 1.84. The van der Waals surface area contributed by atoms with Crippen molar-refractivity contribution < 1.29 is 0 Å². The monoisotopic (exact) mass is 208 g/mol. The number of aromatic nitrogens is 1. The lowest BCUT2D eigenvalue weighted by Crippen LogP contribution is -2.35. The molecular weight excluding hydrogens is 192 g/mol. The van der Waals surface area contributed by atoms with Gasteiger partial charge in [-0.15, -0.1) is 11.8 Å². The van der Waals surface area contributed by atoms with E-state index in [-0.39, 0.29) is 0 Å². The van der Waals surface area contributed by atoms with Crippen molar-refractivity contribution in [2.45, 2.75) is 42.0 Å². The van der Waals surface area contributed by atoms with Gasteiger partial charge < -0.3 is 5.73 Å². The first-order valence-electron chi connectivity index (χ1n) is 5.19. The molecule has 1 heterocycles. The third kappa shape index (κ3) is 2.49. The van der Waals surface area contributed by atoms with Crippen molar-refractivity contribution in [3.63, 3.8) is 0 Å². The van der Waals surface area contributed by atoms with Crippen LogP contribution in [0.1, 0.15) is 25.7 Å². The van der Waals surface area contributed by atoms with Crippen molar-refractivity contribution in [1.82, 2.24) is 4.98 Å². The van der Waals surface area contributed by atoms with E-state index in [1.807, 2.05) is 30.1 Å². The van der Waals surface area contributed by atoms with Gasteiger partial charge in [-0.25, -0.2) is 4.98 Å². The molecule has 2 atom stereocenters. The molecule has 0 aliphatic heterocycles. The lowest BCUT2D eigenvalue weighted by atomic mass is 9.96. The Hall–Kier alpha value is -0.540. The van der Waals surface area contributed by atoms with Gasteiger partial charge in [-0.1, -0.05) is 18.9 Å². The Bertz CT molecular complexity index is 276. The third-order valence-electron chi connectivity index (χ3n) is 2.66. The van der Waals surface area contributed by atoms with Gasteiger partial charge in [-0.3, -0.25) is 0 Å². The number of nitrogens with two attached hydrogens (primary N) is 1. The molecule has 0 saturated heterocycles. The molecule has 2 N–H and O–H groups in total. The maximum absolute atomic E-state index is 6.08. The van der Waals surface area contributed by atoms with Crippen molar-refractivity contribution in [3.05, 3.63) is 24.4 Å². The number of rotatable bonds is 2. The lowest BCUT2D eigenvalue weighted by molar-refractivity contribution is 0.453. The van der Waals surface area contributed by atoms with Gasteiger partial charge in [-0.2, -0.15) is 0 Å². The molecule has 1 fully saturated rings. The maximum Gasteiger partial charge on any atom is 0.0963 e. The van der Waals surface area contributed by atoms with Crippen LogP contribution in [0.3, 0.4) is 0 Å². The number of nitrogens with zero attached hydrogens (tertiary/aromatic N) is 1. The molecule has 76 valence electrons. The lowest BCUT2D eigenvalue weighted by Gasteiger charge is -2.27. The van der Waals surface area contributed by atoms with Gasteiger partial charge >= 0.3 is 0 Å². The van der Waals surface area contributed by atoms with E-state index >= 15 is 0 Å². The van der Waals surface area contributed by atoms with Crippen LogP contribution in [0.5, 0.6) is 0 Å². The first-order chi connectivity index (χ1) is 6.86. The molecule has 1 aliphatic rings. The van der Waals surface area contributed by atoms with Crippen LogP contribution in [0, 0.1) is 0 Å². The largest absolute Gasteiger partial charge is 0.327 e. The van der Waals surface area contributed by atoms with E-state index < -0.39 is 0 Å². The van der Waals surface area contributed by atoms with Gasteiger partial charge in [0.15, 0.2) is 0 Å². The second-order valence-corrected chi connectivity index (χ2v) is 5.03. The van der Waals surface area contributed by atoms with E-state index in [4.69, 9.17) is 5.73 Å². The minimum absolute atomic E-state index is 0.357. The summed E-state index contributed by atoms with van der Waals surface area (Å²) in [5.74, 6) is 0. The van der Waals surface area contributed by atoms with Gasteiger partial charge in [-0.05, 0) is 25.0 Å². The fraction of sp³-hybridized carbons (Fsp3) is 0.545. The van der Waals surface area contributed by atoms with Gasteiger partial charge in [0.05, 0.1) is 5.03 Å². The molecule has 2 nitrogen and oxygen atoms in total. The van der Waals surface area contributed by atoms with Crippen molar-refractivity contribution in [3.8, 4) is 0 Å². The predicted molar refractivity (Wildman–Crippen MR) is 60.3 cm³/mol. The highest BCUT2D eigenvalue weighted by atomic mass is 32.2.